The van der Waals surface area contributed by atoms with Gasteiger partial charge in [0.2, 0.25) is 0 Å². The van der Waals surface area contributed by atoms with Crippen LogP contribution in [0.4, 0.5) is 4.79 Å². The van der Waals surface area contributed by atoms with Crippen molar-refractivity contribution >= 4 is 6.03 Å². The Bertz CT molecular complexity index is 308. The molecule has 0 aromatic carbocycles. The highest BCUT2D eigenvalue weighted by molar-refractivity contribution is 5.74. The van der Waals surface area contributed by atoms with E-state index >= 15 is 0 Å². The average molecular weight is 299 g/mol. The van der Waals surface area contributed by atoms with Gasteiger partial charge >= 0.3 is 6.03 Å². The molecule has 0 aromatic rings. The molecule has 5 heteroatoms. The Morgan fingerprint density at radius 1 is 1.29 bits per heavy atom. The summed E-state index contributed by atoms with van der Waals surface area (Å²) in [6.07, 6.45) is 3.17. The quantitative estimate of drug-likeness (QED) is 0.640. The fourth-order valence-corrected chi connectivity index (χ4v) is 3.03. The molecule has 1 saturated heterocycles. The van der Waals surface area contributed by atoms with Gasteiger partial charge in [0.05, 0.1) is 12.6 Å². The number of rotatable bonds is 8. The summed E-state index contributed by atoms with van der Waals surface area (Å²) >= 11 is 0. The van der Waals surface area contributed by atoms with Gasteiger partial charge in [-0.1, -0.05) is 27.7 Å². The van der Waals surface area contributed by atoms with Gasteiger partial charge in [-0.25, -0.2) is 4.79 Å². The molecule has 1 unspecified atom stereocenters. The van der Waals surface area contributed by atoms with Gasteiger partial charge in [-0.2, -0.15) is 0 Å². The Balaban J connectivity index is 2.31. The Kier molecular flexibility index (Phi) is 8.04. The van der Waals surface area contributed by atoms with Crippen molar-refractivity contribution in [1.82, 2.24) is 15.5 Å². The summed E-state index contributed by atoms with van der Waals surface area (Å²) in [7, 11) is 0. The molecule has 0 radical (unpaired) electrons. The lowest BCUT2D eigenvalue weighted by atomic mass is 10.0. The third-order valence-electron chi connectivity index (χ3n) is 3.91. The molecule has 0 aliphatic carbocycles. The lowest BCUT2D eigenvalue weighted by Crippen LogP contribution is -2.48. The molecule has 1 rings (SSSR count). The summed E-state index contributed by atoms with van der Waals surface area (Å²) < 4.78 is 0. The first-order valence-corrected chi connectivity index (χ1v) is 8.31. The van der Waals surface area contributed by atoms with Crippen molar-refractivity contribution in [3.8, 4) is 0 Å². The maximum atomic E-state index is 11.9. The average Bonchev–Trinajstić information content (AvgIpc) is 2.81. The predicted molar refractivity (Wildman–Crippen MR) is 86.3 cm³/mol. The Hall–Kier alpha value is -0.810. The van der Waals surface area contributed by atoms with Crippen LogP contribution in [-0.4, -0.2) is 54.4 Å². The number of nitrogens with zero attached hydrogens (tertiary/aromatic N) is 1. The maximum absolute atomic E-state index is 11.9. The number of likely N-dealkylation sites (tertiary alicyclic amines) is 1. The normalized spacial score (nSPS) is 21.0. The number of aliphatic hydroxyl groups is 1. The van der Waals surface area contributed by atoms with Crippen LogP contribution in [-0.2, 0) is 0 Å². The van der Waals surface area contributed by atoms with E-state index < -0.39 is 0 Å². The molecule has 1 aliphatic rings. The molecule has 0 spiro atoms. The largest absolute Gasteiger partial charge is 0.394 e. The monoisotopic (exact) mass is 299 g/mol. The van der Waals surface area contributed by atoms with Gasteiger partial charge in [0.25, 0.3) is 0 Å². The molecular weight excluding hydrogens is 266 g/mol. The Morgan fingerprint density at radius 2 is 2.00 bits per heavy atom. The molecule has 21 heavy (non-hydrogen) atoms. The van der Waals surface area contributed by atoms with Crippen molar-refractivity contribution in [1.29, 1.82) is 0 Å². The maximum Gasteiger partial charge on any atom is 0.315 e. The molecule has 2 amide bonds. The van der Waals surface area contributed by atoms with E-state index in [1.54, 1.807) is 0 Å². The van der Waals surface area contributed by atoms with Crippen LogP contribution < -0.4 is 10.6 Å². The predicted octanol–water partition coefficient (Wildman–Crippen LogP) is 1.81. The second-order valence-electron chi connectivity index (χ2n) is 7.05. The summed E-state index contributed by atoms with van der Waals surface area (Å²) in [5.74, 6) is 1.11. The minimum absolute atomic E-state index is 0.00545. The highest BCUT2D eigenvalue weighted by Crippen LogP contribution is 2.17. The van der Waals surface area contributed by atoms with Gasteiger partial charge in [-0.05, 0) is 37.6 Å². The van der Waals surface area contributed by atoms with E-state index in [0.29, 0.717) is 24.4 Å². The highest BCUT2D eigenvalue weighted by atomic mass is 16.3. The Morgan fingerprint density at radius 3 is 2.57 bits per heavy atom. The third-order valence-corrected chi connectivity index (χ3v) is 3.91. The molecule has 5 nitrogen and oxygen atoms in total. The number of urea groups is 1. The van der Waals surface area contributed by atoms with E-state index in [1.807, 2.05) is 0 Å². The Labute approximate surface area is 129 Å². The van der Waals surface area contributed by atoms with Gasteiger partial charge in [0, 0.05) is 19.1 Å². The van der Waals surface area contributed by atoms with Gasteiger partial charge < -0.3 is 15.7 Å². The summed E-state index contributed by atoms with van der Waals surface area (Å²) in [4.78, 5) is 14.4. The molecule has 1 aliphatic heterocycles. The van der Waals surface area contributed by atoms with Crippen LogP contribution in [0.25, 0.3) is 0 Å². The van der Waals surface area contributed by atoms with E-state index in [-0.39, 0.29) is 18.7 Å². The van der Waals surface area contributed by atoms with E-state index in [0.717, 1.165) is 25.9 Å². The zero-order valence-corrected chi connectivity index (χ0v) is 14.1. The van der Waals surface area contributed by atoms with Crippen molar-refractivity contribution in [2.45, 2.75) is 59.0 Å². The molecule has 1 fully saturated rings. The van der Waals surface area contributed by atoms with Crippen LogP contribution >= 0.6 is 0 Å². The van der Waals surface area contributed by atoms with Gasteiger partial charge in [0.15, 0.2) is 0 Å². The van der Waals surface area contributed by atoms with Crippen LogP contribution in [0.3, 0.4) is 0 Å². The first kappa shape index (κ1) is 18.2. The number of carbonyl (C=O) groups is 1. The molecule has 0 saturated carbocycles. The highest BCUT2D eigenvalue weighted by Gasteiger charge is 2.25. The van der Waals surface area contributed by atoms with Crippen molar-refractivity contribution in [3.63, 3.8) is 0 Å². The summed E-state index contributed by atoms with van der Waals surface area (Å²) in [5.41, 5.74) is 0. The summed E-state index contributed by atoms with van der Waals surface area (Å²) in [6, 6.07) is 0.141. The van der Waals surface area contributed by atoms with E-state index in [2.05, 4.69) is 43.2 Å². The zero-order chi connectivity index (χ0) is 15.8. The molecule has 3 N–H and O–H groups in total. The second-order valence-corrected chi connectivity index (χ2v) is 7.05. The van der Waals surface area contributed by atoms with E-state index in [9.17, 15) is 9.90 Å². The van der Waals surface area contributed by atoms with Crippen LogP contribution in [0, 0.1) is 11.8 Å². The number of carbonyl (C=O) groups excluding carboxylic acids is 1. The fraction of sp³-hybridized carbons (Fsp3) is 0.938. The van der Waals surface area contributed by atoms with Crippen molar-refractivity contribution in [2.24, 2.45) is 11.8 Å². The molecule has 0 aromatic heterocycles. The summed E-state index contributed by atoms with van der Waals surface area (Å²) in [5, 5.41) is 15.1. The third kappa shape index (κ3) is 7.14. The molecule has 0 bridgehead atoms. The SMILES string of the molecule is CC(C)CC(CO)NC(=O)NC[C@H]1CCCN1CC(C)C. The second kappa shape index (κ2) is 9.26. The molecular formula is C16H33N3O2. The first-order chi connectivity index (χ1) is 9.92. The van der Waals surface area contributed by atoms with Crippen molar-refractivity contribution < 1.29 is 9.90 Å². The van der Waals surface area contributed by atoms with E-state index in [1.165, 1.54) is 6.42 Å². The lowest BCUT2D eigenvalue weighted by Gasteiger charge is -2.27. The number of hydrogen-bond acceptors (Lipinski definition) is 3. The number of hydrogen-bond donors (Lipinski definition) is 3. The molecule has 1 heterocycles. The van der Waals surface area contributed by atoms with Gasteiger partial charge in [-0.3, -0.25) is 4.90 Å². The smallest absolute Gasteiger partial charge is 0.315 e. The zero-order valence-electron chi connectivity index (χ0n) is 14.1. The molecule has 124 valence electrons. The summed E-state index contributed by atoms with van der Waals surface area (Å²) in [6.45, 7) is 11.6. The van der Waals surface area contributed by atoms with Gasteiger partial charge in [0.1, 0.15) is 0 Å². The van der Waals surface area contributed by atoms with Crippen LogP contribution in [0.2, 0.25) is 0 Å². The van der Waals surface area contributed by atoms with Crippen molar-refractivity contribution in [3.05, 3.63) is 0 Å². The lowest BCUT2D eigenvalue weighted by molar-refractivity contribution is 0.198. The fourth-order valence-electron chi connectivity index (χ4n) is 3.03. The minimum atomic E-state index is -0.161. The first-order valence-electron chi connectivity index (χ1n) is 8.31. The van der Waals surface area contributed by atoms with Crippen LogP contribution in [0.5, 0.6) is 0 Å². The molecule has 2 atom stereocenters. The standard InChI is InChI=1S/C16H33N3O2/c1-12(2)8-14(11-20)18-16(21)17-9-15-6-5-7-19(15)10-13(3)4/h12-15,20H,5-11H2,1-4H3,(H2,17,18,21)/t14?,15-/m1/s1. The van der Waals surface area contributed by atoms with E-state index in [4.69, 9.17) is 0 Å². The van der Waals surface area contributed by atoms with Gasteiger partial charge in [-0.15, -0.1) is 0 Å². The van der Waals surface area contributed by atoms with Crippen LogP contribution in [0.15, 0.2) is 0 Å². The topological polar surface area (TPSA) is 64.6 Å². The number of amides is 2. The minimum Gasteiger partial charge on any atom is -0.394 e. The van der Waals surface area contributed by atoms with Crippen LogP contribution in [0.1, 0.15) is 47.0 Å². The number of nitrogens with one attached hydrogen (secondary N) is 2. The van der Waals surface area contributed by atoms with Crippen molar-refractivity contribution in [2.75, 3.05) is 26.2 Å². The number of aliphatic hydroxyl groups excluding tert-OH is 1.